The van der Waals surface area contributed by atoms with Gasteiger partial charge in [0.25, 0.3) is 6.43 Å². The van der Waals surface area contributed by atoms with Crippen LogP contribution in [-0.2, 0) is 0 Å². The Kier molecular flexibility index (Phi) is 4.84. The van der Waals surface area contributed by atoms with E-state index >= 15 is 0 Å². The fourth-order valence-corrected chi connectivity index (χ4v) is 1.76. The number of rotatable bonds is 4. The zero-order chi connectivity index (χ0) is 13.0. The van der Waals surface area contributed by atoms with Gasteiger partial charge in [-0.05, 0) is 12.1 Å². The summed E-state index contributed by atoms with van der Waals surface area (Å²) < 4.78 is 25.7. The molecule has 0 spiro atoms. The van der Waals surface area contributed by atoms with Crippen LogP contribution in [0.4, 0.5) is 8.78 Å². The molecular weight excluding hydrogens is 271 g/mol. The van der Waals surface area contributed by atoms with Crippen LogP contribution in [0.15, 0.2) is 23.2 Å². The Morgan fingerprint density at radius 2 is 1.88 bits per heavy atom. The van der Waals surface area contributed by atoms with Crippen molar-refractivity contribution in [3.63, 3.8) is 0 Å². The van der Waals surface area contributed by atoms with Crippen molar-refractivity contribution in [3.8, 4) is 0 Å². The molecule has 0 aliphatic rings. The first-order valence-corrected chi connectivity index (χ1v) is 5.29. The van der Waals surface area contributed by atoms with E-state index in [-0.39, 0.29) is 28.0 Å². The van der Waals surface area contributed by atoms with Gasteiger partial charge in [0.1, 0.15) is 11.5 Å². The summed E-state index contributed by atoms with van der Waals surface area (Å²) in [5, 5.41) is 7.13. The molecule has 0 atom stereocenters. The molecule has 0 aliphatic heterocycles. The van der Waals surface area contributed by atoms with E-state index in [0.29, 0.717) is 0 Å². The lowest BCUT2D eigenvalue weighted by Crippen LogP contribution is -2.19. The molecule has 0 heterocycles. The number of nitrogens with one attached hydrogen (secondary N) is 1. The highest BCUT2D eigenvalue weighted by Gasteiger charge is 2.21. The third-order valence-electron chi connectivity index (χ3n) is 1.85. The molecule has 0 bridgehead atoms. The number of nitrogens with zero attached hydrogens (tertiary/aromatic N) is 1. The second kappa shape index (κ2) is 5.93. The first-order chi connectivity index (χ1) is 7.93. The van der Waals surface area contributed by atoms with Gasteiger partial charge < -0.3 is 5.73 Å². The standard InChI is InChI=1S/C10H9Cl2F2N3/c11-5-2-1-3-6(12)8(5)9(10(13)14)17-4-7(15)16/h1-3,10H,4H2,(H3,15,16). The zero-order valence-electron chi connectivity index (χ0n) is 8.55. The van der Waals surface area contributed by atoms with E-state index in [9.17, 15) is 8.78 Å². The maximum Gasteiger partial charge on any atom is 0.280 e. The molecule has 92 valence electrons. The van der Waals surface area contributed by atoms with Crippen LogP contribution in [0.2, 0.25) is 10.0 Å². The molecule has 1 aromatic carbocycles. The Balaban J connectivity index is 3.23. The van der Waals surface area contributed by atoms with E-state index in [4.69, 9.17) is 34.3 Å². The summed E-state index contributed by atoms with van der Waals surface area (Å²) in [6.45, 7) is -0.318. The predicted molar refractivity (Wildman–Crippen MR) is 65.8 cm³/mol. The maximum absolute atomic E-state index is 12.8. The molecule has 0 aromatic heterocycles. The molecule has 1 aromatic rings. The minimum atomic E-state index is -2.84. The van der Waals surface area contributed by atoms with Gasteiger partial charge in [0, 0.05) is 5.56 Å². The molecule has 0 aliphatic carbocycles. The summed E-state index contributed by atoms with van der Waals surface area (Å²) in [7, 11) is 0. The van der Waals surface area contributed by atoms with Gasteiger partial charge in [0.05, 0.1) is 16.6 Å². The van der Waals surface area contributed by atoms with Crippen LogP contribution in [0.3, 0.4) is 0 Å². The van der Waals surface area contributed by atoms with E-state index in [1.165, 1.54) is 12.1 Å². The summed E-state index contributed by atoms with van der Waals surface area (Å²) in [5.74, 6) is -0.314. The summed E-state index contributed by atoms with van der Waals surface area (Å²) in [4.78, 5) is 3.56. The van der Waals surface area contributed by atoms with Gasteiger partial charge in [-0.2, -0.15) is 0 Å². The number of hydrogen-bond acceptors (Lipinski definition) is 2. The van der Waals surface area contributed by atoms with Gasteiger partial charge in [-0.3, -0.25) is 10.4 Å². The number of benzene rings is 1. The van der Waals surface area contributed by atoms with Crippen molar-refractivity contribution in [2.75, 3.05) is 6.54 Å². The molecule has 0 saturated heterocycles. The topological polar surface area (TPSA) is 62.2 Å². The van der Waals surface area contributed by atoms with Gasteiger partial charge in [-0.15, -0.1) is 0 Å². The first kappa shape index (κ1) is 13.9. The van der Waals surface area contributed by atoms with E-state index in [0.717, 1.165) is 0 Å². The van der Waals surface area contributed by atoms with Gasteiger partial charge >= 0.3 is 0 Å². The van der Waals surface area contributed by atoms with E-state index in [1.807, 2.05) is 0 Å². The Morgan fingerprint density at radius 1 is 1.35 bits per heavy atom. The van der Waals surface area contributed by atoms with E-state index < -0.39 is 12.1 Å². The second-order valence-electron chi connectivity index (χ2n) is 3.12. The summed E-state index contributed by atoms with van der Waals surface area (Å²) in [6, 6.07) is 4.42. The third kappa shape index (κ3) is 3.64. The molecule has 0 unspecified atom stereocenters. The molecule has 1 rings (SSSR count). The zero-order valence-corrected chi connectivity index (χ0v) is 10.1. The van der Waals surface area contributed by atoms with Crippen LogP contribution in [0, 0.1) is 5.41 Å². The van der Waals surface area contributed by atoms with Crippen molar-refractivity contribution in [2.24, 2.45) is 10.7 Å². The smallest absolute Gasteiger partial charge is 0.280 e. The van der Waals surface area contributed by atoms with Crippen LogP contribution in [0.25, 0.3) is 0 Å². The number of nitrogens with two attached hydrogens (primary N) is 1. The third-order valence-corrected chi connectivity index (χ3v) is 2.48. The lowest BCUT2D eigenvalue weighted by molar-refractivity contribution is 0.226. The Hall–Kier alpha value is -1.20. The molecule has 0 amide bonds. The molecule has 0 radical (unpaired) electrons. The van der Waals surface area contributed by atoms with E-state index in [1.54, 1.807) is 6.07 Å². The number of aliphatic imine (C=N–C) groups is 1. The van der Waals surface area contributed by atoms with Crippen LogP contribution in [0.1, 0.15) is 5.56 Å². The number of hydrogen-bond donors (Lipinski definition) is 2. The highest BCUT2D eigenvalue weighted by Crippen LogP contribution is 2.27. The lowest BCUT2D eigenvalue weighted by Gasteiger charge is -2.09. The normalized spacial score (nSPS) is 11.9. The molecule has 0 saturated carbocycles. The Labute approximate surface area is 107 Å². The van der Waals surface area contributed by atoms with Crippen molar-refractivity contribution >= 4 is 34.7 Å². The van der Waals surface area contributed by atoms with Crippen molar-refractivity contribution in [1.82, 2.24) is 0 Å². The fourth-order valence-electron chi connectivity index (χ4n) is 1.17. The van der Waals surface area contributed by atoms with Gasteiger partial charge in [-0.25, -0.2) is 8.78 Å². The van der Waals surface area contributed by atoms with E-state index in [2.05, 4.69) is 4.99 Å². The minimum Gasteiger partial charge on any atom is -0.386 e. The van der Waals surface area contributed by atoms with Crippen LogP contribution in [0.5, 0.6) is 0 Å². The molecule has 0 fully saturated rings. The second-order valence-corrected chi connectivity index (χ2v) is 3.94. The molecule has 3 nitrogen and oxygen atoms in total. The van der Waals surface area contributed by atoms with Crippen LogP contribution in [-0.4, -0.2) is 24.5 Å². The lowest BCUT2D eigenvalue weighted by atomic mass is 10.1. The van der Waals surface area contributed by atoms with Gasteiger partial charge in [0.15, 0.2) is 0 Å². The van der Waals surface area contributed by atoms with Crippen LogP contribution < -0.4 is 5.73 Å². The summed E-state index contributed by atoms with van der Waals surface area (Å²) >= 11 is 11.6. The highest BCUT2D eigenvalue weighted by atomic mass is 35.5. The average Bonchev–Trinajstić information content (AvgIpc) is 2.21. The molecule has 17 heavy (non-hydrogen) atoms. The number of alkyl halides is 2. The van der Waals surface area contributed by atoms with Crippen molar-refractivity contribution in [2.45, 2.75) is 6.43 Å². The van der Waals surface area contributed by atoms with Crippen molar-refractivity contribution in [1.29, 1.82) is 5.41 Å². The summed E-state index contributed by atoms with van der Waals surface area (Å²) in [5.41, 5.74) is 4.48. The predicted octanol–water partition coefficient (Wildman–Crippen LogP) is 2.98. The van der Waals surface area contributed by atoms with Crippen LogP contribution >= 0.6 is 23.2 Å². The number of halogens is 4. The van der Waals surface area contributed by atoms with Crippen molar-refractivity contribution < 1.29 is 8.78 Å². The van der Waals surface area contributed by atoms with Gasteiger partial charge in [0.2, 0.25) is 0 Å². The Bertz CT molecular complexity index is 441. The van der Waals surface area contributed by atoms with Crippen molar-refractivity contribution in [3.05, 3.63) is 33.8 Å². The average molecular weight is 280 g/mol. The summed E-state index contributed by atoms with van der Waals surface area (Å²) in [6.07, 6.45) is -2.84. The quantitative estimate of drug-likeness (QED) is 0.646. The van der Waals surface area contributed by atoms with Gasteiger partial charge in [-0.1, -0.05) is 29.3 Å². The molecular formula is C10H9Cl2F2N3. The number of amidine groups is 1. The Morgan fingerprint density at radius 3 is 2.29 bits per heavy atom. The largest absolute Gasteiger partial charge is 0.386 e. The minimum absolute atomic E-state index is 0.0212. The maximum atomic E-state index is 12.8. The first-order valence-electron chi connectivity index (χ1n) is 4.53. The molecule has 3 N–H and O–H groups in total. The highest BCUT2D eigenvalue weighted by molar-refractivity contribution is 6.40. The monoisotopic (exact) mass is 279 g/mol. The molecule has 7 heteroatoms. The SMILES string of the molecule is N=C(N)CN=C(c1c(Cl)cccc1Cl)C(F)F. The fraction of sp³-hybridized carbons (Fsp3) is 0.200.